The van der Waals surface area contributed by atoms with E-state index in [0.29, 0.717) is 5.89 Å². The third kappa shape index (κ3) is 3.70. The van der Waals surface area contributed by atoms with Crippen molar-refractivity contribution in [3.63, 3.8) is 0 Å². The molecule has 0 aliphatic heterocycles. The van der Waals surface area contributed by atoms with Crippen LogP contribution in [0.5, 0.6) is 0 Å². The molecule has 0 amide bonds. The van der Waals surface area contributed by atoms with Gasteiger partial charge in [-0.3, -0.25) is 0 Å². The van der Waals surface area contributed by atoms with Gasteiger partial charge in [0.1, 0.15) is 5.51 Å². The van der Waals surface area contributed by atoms with Crippen LogP contribution in [-0.4, -0.2) is 20.3 Å². The minimum atomic E-state index is -4.41. The molecule has 0 saturated carbocycles. The smallest absolute Gasteiger partial charge is 0.338 e. The van der Waals surface area contributed by atoms with Gasteiger partial charge in [-0.2, -0.15) is 18.2 Å². The van der Waals surface area contributed by atoms with Crippen LogP contribution in [0.4, 0.5) is 13.2 Å². The van der Waals surface area contributed by atoms with Crippen molar-refractivity contribution < 1.29 is 17.7 Å². The van der Waals surface area contributed by atoms with Crippen molar-refractivity contribution >= 4 is 23.1 Å². The van der Waals surface area contributed by atoms with Gasteiger partial charge in [-0.15, -0.1) is 10.2 Å². The molecule has 0 fully saturated rings. The molecule has 10 heteroatoms. The third-order valence-electron chi connectivity index (χ3n) is 2.86. The molecule has 23 heavy (non-hydrogen) atoms. The highest BCUT2D eigenvalue weighted by Gasteiger charge is 2.31. The lowest BCUT2D eigenvalue weighted by Gasteiger charge is -2.06. The number of benzene rings is 1. The van der Waals surface area contributed by atoms with E-state index in [1.807, 2.05) is 6.92 Å². The van der Waals surface area contributed by atoms with Crippen molar-refractivity contribution in [3.8, 4) is 11.4 Å². The zero-order valence-electron chi connectivity index (χ0n) is 11.6. The quantitative estimate of drug-likeness (QED) is 0.642. The number of hydrogen-bond acceptors (Lipinski definition) is 7. The van der Waals surface area contributed by atoms with Gasteiger partial charge < -0.3 is 4.52 Å². The van der Waals surface area contributed by atoms with E-state index >= 15 is 0 Å². The van der Waals surface area contributed by atoms with E-state index in [1.165, 1.54) is 35.2 Å². The summed E-state index contributed by atoms with van der Waals surface area (Å²) in [5, 5.41) is 11.2. The number of nitrogens with zero attached hydrogens (tertiary/aromatic N) is 4. The highest BCUT2D eigenvalue weighted by molar-refractivity contribution is 8.01. The van der Waals surface area contributed by atoms with Gasteiger partial charge in [-0.1, -0.05) is 40.4 Å². The van der Waals surface area contributed by atoms with Crippen LogP contribution >= 0.6 is 23.1 Å². The van der Waals surface area contributed by atoms with E-state index in [4.69, 9.17) is 4.52 Å². The summed E-state index contributed by atoms with van der Waals surface area (Å²) in [6, 6.07) is 4.82. The Labute approximate surface area is 136 Å². The van der Waals surface area contributed by atoms with Crippen molar-refractivity contribution in [2.75, 3.05) is 0 Å². The maximum atomic E-state index is 12.7. The molecule has 3 aromatic rings. The lowest BCUT2D eigenvalue weighted by Crippen LogP contribution is -2.04. The predicted octanol–water partition coefficient (Wildman–Crippen LogP) is 4.46. The Kier molecular flexibility index (Phi) is 4.35. The first-order chi connectivity index (χ1) is 10.9. The summed E-state index contributed by atoms with van der Waals surface area (Å²) >= 11 is 2.77. The second-order valence-electron chi connectivity index (χ2n) is 4.50. The summed E-state index contributed by atoms with van der Waals surface area (Å²) in [4.78, 5) is 4.17. The molecule has 0 N–H and O–H groups in total. The molecular weight excluding hydrogens is 349 g/mol. The highest BCUT2D eigenvalue weighted by atomic mass is 32.2. The van der Waals surface area contributed by atoms with Crippen LogP contribution in [-0.2, 0) is 6.18 Å². The van der Waals surface area contributed by atoms with Crippen LogP contribution in [0.15, 0.2) is 38.6 Å². The molecule has 2 heterocycles. The normalized spacial score (nSPS) is 13.2. The van der Waals surface area contributed by atoms with Crippen molar-refractivity contribution in [2.24, 2.45) is 0 Å². The van der Waals surface area contributed by atoms with Crippen LogP contribution in [0, 0.1) is 0 Å². The Morgan fingerprint density at radius 3 is 2.83 bits per heavy atom. The van der Waals surface area contributed by atoms with Crippen molar-refractivity contribution in [2.45, 2.75) is 22.7 Å². The molecule has 0 bridgehead atoms. The average Bonchev–Trinajstić information content (AvgIpc) is 3.17. The molecule has 1 aromatic carbocycles. The third-order valence-corrected chi connectivity index (χ3v) is 4.75. The molecule has 3 rings (SSSR count). The first-order valence-electron chi connectivity index (χ1n) is 6.37. The van der Waals surface area contributed by atoms with Gasteiger partial charge >= 0.3 is 6.18 Å². The molecule has 0 aliphatic rings. The second kappa shape index (κ2) is 6.28. The Balaban J connectivity index is 1.82. The van der Waals surface area contributed by atoms with E-state index in [1.54, 1.807) is 5.51 Å². The lowest BCUT2D eigenvalue weighted by atomic mass is 10.1. The molecule has 0 saturated heterocycles. The maximum absolute atomic E-state index is 12.7. The van der Waals surface area contributed by atoms with Gasteiger partial charge in [-0.25, -0.2) is 0 Å². The molecule has 0 aliphatic carbocycles. The number of thioether (sulfide) groups is 1. The van der Waals surface area contributed by atoms with E-state index in [2.05, 4.69) is 20.3 Å². The molecule has 0 unspecified atom stereocenters. The largest absolute Gasteiger partial charge is 0.416 e. The number of alkyl halides is 3. The summed E-state index contributed by atoms with van der Waals surface area (Å²) in [6.07, 6.45) is -4.41. The topological polar surface area (TPSA) is 64.7 Å². The Morgan fingerprint density at radius 1 is 1.30 bits per heavy atom. The first-order valence-corrected chi connectivity index (χ1v) is 8.13. The highest BCUT2D eigenvalue weighted by Crippen LogP contribution is 2.36. The fourth-order valence-electron chi connectivity index (χ4n) is 1.77. The first kappa shape index (κ1) is 15.9. The summed E-state index contributed by atoms with van der Waals surface area (Å²) in [5.41, 5.74) is 1.11. The van der Waals surface area contributed by atoms with Crippen molar-refractivity contribution in [1.82, 2.24) is 20.3 Å². The zero-order chi connectivity index (χ0) is 16.4. The van der Waals surface area contributed by atoms with Gasteiger partial charge in [0.05, 0.1) is 10.8 Å². The number of aromatic nitrogens is 4. The Bertz CT molecular complexity index is 789. The number of hydrogen-bond donors (Lipinski definition) is 0. The van der Waals surface area contributed by atoms with E-state index in [9.17, 15) is 13.2 Å². The average molecular weight is 358 g/mol. The lowest BCUT2D eigenvalue weighted by molar-refractivity contribution is -0.137. The SMILES string of the molecule is C[C@H](Sc1nncs1)c1nc(-c2cccc(C(F)(F)F)c2)no1. The van der Waals surface area contributed by atoms with E-state index in [-0.39, 0.29) is 16.6 Å². The van der Waals surface area contributed by atoms with Gasteiger partial charge in [0, 0.05) is 5.56 Å². The fraction of sp³-hybridized carbons (Fsp3) is 0.231. The van der Waals surface area contributed by atoms with E-state index < -0.39 is 11.7 Å². The minimum Gasteiger partial charge on any atom is -0.338 e. The van der Waals surface area contributed by atoms with Gasteiger partial charge in [0.15, 0.2) is 4.34 Å². The Hall–Kier alpha value is -1.94. The van der Waals surface area contributed by atoms with Crippen LogP contribution in [0.2, 0.25) is 0 Å². The minimum absolute atomic E-state index is 0.121. The Morgan fingerprint density at radius 2 is 2.13 bits per heavy atom. The second-order valence-corrected chi connectivity index (χ2v) is 6.92. The van der Waals surface area contributed by atoms with Crippen LogP contribution in [0.1, 0.15) is 23.6 Å². The molecule has 0 spiro atoms. The molecule has 5 nitrogen and oxygen atoms in total. The number of rotatable bonds is 4. The summed E-state index contributed by atoms with van der Waals surface area (Å²) in [6.45, 7) is 1.84. The van der Waals surface area contributed by atoms with Gasteiger partial charge in [-0.05, 0) is 19.1 Å². The standard InChI is InChI=1S/C13H9F3N4OS2/c1-7(23-12-19-17-6-22-12)11-18-10(20-21-11)8-3-2-4-9(5-8)13(14,15)16/h2-7H,1H3/t7-/m0/s1. The summed E-state index contributed by atoms with van der Waals surface area (Å²) in [7, 11) is 0. The molecule has 0 radical (unpaired) electrons. The van der Waals surface area contributed by atoms with Crippen molar-refractivity contribution in [1.29, 1.82) is 0 Å². The summed E-state index contributed by atoms with van der Waals surface area (Å²) in [5.74, 6) is 0.438. The zero-order valence-corrected chi connectivity index (χ0v) is 13.2. The number of halogens is 3. The maximum Gasteiger partial charge on any atom is 0.416 e. The van der Waals surface area contributed by atoms with Crippen LogP contribution in [0.25, 0.3) is 11.4 Å². The summed E-state index contributed by atoms with van der Waals surface area (Å²) < 4.78 is 44.1. The van der Waals surface area contributed by atoms with E-state index in [0.717, 1.165) is 16.5 Å². The molecular formula is C13H9F3N4OS2. The molecule has 1 atom stereocenters. The van der Waals surface area contributed by atoms with Gasteiger partial charge in [0.25, 0.3) is 0 Å². The van der Waals surface area contributed by atoms with Crippen LogP contribution in [0.3, 0.4) is 0 Å². The van der Waals surface area contributed by atoms with Gasteiger partial charge in [0.2, 0.25) is 11.7 Å². The molecule has 2 aromatic heterocycles. The molecule has 120 valence electrons. The van der Waals surface area contributed by atoms with Crippen LogP contribution < -0.4 is 0 Å². The van der Waals surface area contributed by atoms with Crippen molar-refractivity contribution in [3.05, 3.63) is 41.2 Å². The monoisotopic (exact) mass is 358 g/mol. The fourth-order valence-corrected chi connectivity index (χ4v) is 3.42. The predicted molar refractivity (Wildman–Crippen MR) is 78.9 cm³/mol.